The van der Waals surface area contributed by atoms with E-state index in [2.05, 4.69) is 15.9 Å². The third-order valence-corrected chi connectivity index (χ3v) is 3.70. The van der Waals surface area contributed by atoms with Gasteiger partial charge in [0.05, 0.1) is 17.3 Å². The highest BCUT2D eigenvalue weighted by atomic mass is 79.9. The lowest BCUT2D eigenvalue weighted by molar-refractivity contribution is 0.0326. The quantitative estimate of drug-likeness (QED) is 0.797. The molecule has 0 saturated heterocycles. The van der Waals surface area contributed by atoms with E-state index in [4.69, 9.17) is 9.15 Å². The number of Topliss-reactive ketones (excluding diaryl/α,β-unsaturated/α-hetero) is 1. The zero-order chi connectivity index (χ0) is 12.5. The second-order valence-corrected chi connectivity index (χ2v) is 5.02. The van der Waals surface area contributed by atoms with Gasteiger partial charge in [0, 0.05) is 0 Å². The van der Waals surface area contributed by atoms with E-state index in [-0.39, 0.29) is 5.78 Å². The molecular weight excluding hydrogens is 296 g/mol. The molecule has 0 saturated carbocycles. The van der Waals surface area contributed by atoms with Crippen molar-refractivity contribution in [2.75, 3.05) is 6.61 Å². The molecule has 0 fully saturated rings. The molecule has 1 atom stereocenters. The van der Waals surface area contributed by atoms with Gasteiger partial charge in [-0.1, -0.05) is 24.3 Å². The lowest BCUT2D eigenvalue weighted by Crippen LogP contribution is -2.23. The highest BCUT2D eigenvalue weighted by Crippen LogP contribution is 2.32. The Labute approximate surface area is 113 Å². The highest BCUT2D eigenvalue weighted by molar-refractivity contribution is 9.10. The molecule has 3 rings (SSSR count). The summed E-state index contributed by atoms with van der Waals surface area (Å²) in [6.07, 6.45) is 1.78. The van der Waals surface area contributed by atoms with Crippen molar-refractivity contribution in [2.24, 2.45) is 0 Å². The predicted molar refractivity (Wildman–Crippen MR) is 69.6 cm³/mol. The molecule has 0 spiro atoms. The third-order valence-electron chi connectivity index (χ3n) is 3.07. The van der Waals surface area contributed by atoms with Gasteiger partial charge in [-0.25, -0.2) is 0 Å². The Hall–Kier alpha value is -1.39. The van der Waals surface area contributed by atoms with Crippen molar-refractivity contribution < 1.29 is 13.9 Å². The summed E-state index contributed by atoms with van der Waals surface area (Å²) < 4.78 is 11.5. The lowest BCUT2D eigenvalue weighted by Gasteiger charge is -2.24. The first-order valence-electron chi connectivity index (χ1n) is 5.74. The van der Waals surface area contributed by atoms with E-state index >= 15 is 0 Å². The number of ketones is 1. The van der Waals surface area contributed by atoms with Crippen LogP contribution in [0.5, 0.6) is 0 Å². The van der Waals surface area contributed by atoms with Crippen LogP contribution in [0, 0.1) is 0 Å². The number of rotatable bonds is 2. The van der Waals surface area contributed by atoms with Crippen molar-refractivity contribution in [1.29, 1.82) is 0 Å². The second-order valence-electron chi connectivity index (χ2n) is 4.16. The zero-order valence-electron chi connectivity index (χ0n) is 9.56. The molecule has 18 heavy (non-hydrogen) atoms. The van der Waals surface area contributed by atoms with E-state index in [9.17, 15) is 4.79 Å². The van der Waals surface area contributed by atoms with Crippen molar-refractivity contribution in [3.8, 4) is 0 Å². The molecule has 0 N–H and O–H groups in total. The van der Waals surface area contributed by atoms with E-state index in [0.717, 1.165) is 12.0 Å². The van der Waals surface area contributed by atoms with Gasteiger partial charge in [0.15, 0.2) is 5.76 Å². The number of furan rings is 1. The Morgan fingerprint density at radius 3 is 2.89 bits per heavy atom. The Balaban J connectivity index is 2.00. The molecule has 1 aliphatic heterocycles. The molecule has 2 aromatic rings. The van der Waals surface area contributed by atoms with Crippen LogP contribution >= 0.6 is 15.9 Å². The fraction of sp³-hybridized carbons (Fsp3) is 0.214. The Morgan fingerprint density at radius 1 is 1.28 bits per heavy atom. The smallest absolute Gasteiger partial charge is 0.232 e. The minimum atomic E-state index is -0.558. The summed E-state index contributed by atoms with van der Waals surface area (Å²) in [5, 5.41) is 0. The van der Waals surface area contributed by atoms with Crippen LogP contribution in [0.2, 0.25) is 0 Å². The number of halogens is 1. The van der Waals surface area contributed by atoms with Crippen LogP contribution in [0.1, 0.15) is 27.8 Å². The molecule has 0 bridgehead atoms. The predicted octanol–water partition coefficient (Wildman–Crippen LogP) is 3.54. The van der Waals surface area contributed by atoms with Gasteiger partial charge in [0.2, 0.25) is 5.78 Å². The standard InChI is InChI=1S/C14H11BrO3/c15-11-6-8-18-14(11)12(16)13-10-4-2-1-3-9(10)5-7-17-13/h1-4,6,8,13H,5,7H2. The van der Waals surface area contributed by atoms with Crippen molar-refractivity contribution in [3.63, 3.8) is 0 Å². The summed E-state index contributed by atoms with van der Waals surface area (Å²) in [6, 6.07) is 9.59. The highest BCUT2D eigenvalue weighted by Gasteiger charge is 2.30. The van der Waals surface area contributed by atoms with Gasteiger partial charge in [-0.15, -0.1) is 0 Å². The summed E-state index contributed by atoms with van der Waals surface area (Å²) in [7, 11) is 0. The molecule has 1 aliphatic rings. The van der Waals surface area contributed by atoms with Crippen LogP contribution in [0.4, 0.5) is 0 Å². The number of fused-ring (bicyclic) bond motifs is 1. The van der Waals surface area contributed by atoms with Gasteiger partial charge >= 0.3 is 0 Å². The van der Waals surface area contributed by atoms with Crippen LogP contribution < -0.4 is 0 Å². The SMILES string of the molecule is O=C(c1occc1Br)C1OCCc2ccccc21. The molecule has 0 amide bonds. The maximum atomic E-state index is 12.4. The molecule has 92 valence electrons. The molecule has 0 radical (unpaired) electrons. The maximum Gasteiger partial charge on any atom is 0.232 e. The van der Waals surface area contributed by atoms with Gasteiger partial charge < -0.3 is 9.15 Å². The van der Waals surface area contributed by atoms with Gasteiger partial charge in [-0.2, -0.15) is 0 Å². The summed E-state index contributed by atoms with van der Waals surface area (Å²) in [5.74, 6) is 0.177. The van der Waals surface area contributed by atoms with Gasteiger partial charge in [0.1, 0.15) is 6.10 Å². The summed E-state index contributed by atoms with van der Waals surface area (Å²) in [5.41, 5.74) is 2.11. The average molecular weight is 307 g/mol. The Bertz CT molecular complexity index is 588. The average Bonchev–Trinajstić information content (AvgIpc) is 2.83. The normalized spacial score (nSPS) is 18.4. The van der Waals surface area contributed by atoms with Crippen LogP contribution in [0.15, 0.2) is 45.5 Å². The van der Waals surface area contributed by atoms with E-state index in [0.29, 0.717) is 16.8 Å². The molecule has 0 aliphatic carbocycles. The molecule has 3 nitrogen and oxygen atoms in total. The second kappa shape index (κ2) is 4.71. The molecule has 1 aromatic carbocycles. The van der Waals surface area contributed by atoms with Crippen molar-refractivity contribution in [1.82, 2.24) is 0 Å². The Kier molecular flexibility index (Phi) is 3.06. The molecule has 1 aromatic heterocycles. The first-order chi connectivity index (χ1) is 8.77. The van der Waals surface area contributed by atoms with Crippen LogP contribution in [0.25, 0.3) is 0 Å². The molecule has 1 unspecified atom stereocenters. The topological polar surface area (TPSA) is 39.4 Å². The van der Waals surface area contributed by atoms with Crippen LogP contribution in [-0.2, 0) is 11.2 Å². The van der Waals surface area contributed by atoms with E-state index in [1.165, 1.54) is 11.8 Å². The fourth-order valence-electron chi connectivity index (χ4n) is 2.20. The van der Waals surface area contributed by atoms with Crippen molar-refractivity contribution >= 4 is 21.7 Å². The fourth-order valence-corrected chi connectivity index (χ4v) is 2.60. The lowest BCUT2D eigenvalue weighted by atomic mass is 9.94. The van der Waals surface area contributed by atoms with E-state index in [1.54, 1.807) is 6.07 Å². The number of benzene rings is 1. The van der Waals surface area contributed by atoms with Gasteiger partial charge in [0.25, 0.3) is 0 Å². The molecular formula is C14H11BrO3. The number of hydrogen-bond donors (Lipinski definition) is 0. The van der Waals surface area contributed by atoms with Crippen LogP contribution in [-0.4, -0.2) is 12.4 Å². The summed E-state index contributed by atoms with van der Waals surface area (Å²) in [4.78, 5) is 12.4. The first-order valence-corrected chi connectivity index (χ1v) is 6.53. The summed E-state index contributed by atoms with van der Waals surface area (Å²) in [6.45, 7) is 0.561. The minimum absolute atomic E-state index is 0.140. The molecule has 2 heterocycles. The molecule has 4 heteroatoms. The zero-order valence-corrected chi connectivity index (χ0v) is 11.1. The van der Waals surface area contributed by atoms with E-state index < -0.39 is 6.10 Å². The van der Waals surface area contributed by atoms with Crippen LogP contribution in [0.3, 0.4) is 0 Å². The maximum absolute atomic E-state index is 12.4. The number of hydrogen-bond acceptors (Lipinski definition) is 3. The van der Waals surface area contributed by atoms with Crippen molar-refractivity contribution in [3.05, 3.63) is 58.0 Å². The monoisotopic (exact) mass is 306 g/mol. The number of carbonyl (C=O) groups excluding carboxylic acids is 1. The minimum Gasteiger partial charge on any atom is -0.460 e. The summed E-state index contributed by atoms with van der Waals surface area (Å²) >= 11 is 3.30. The van der Waals surface area contributed by atoms with Gasteiger partial charge in [-0.05, 0) is 39.5 Å². The first kappa shape index (κ1) is 11.7. The van der Waals surface area contributed by atoms with Gasteiger partial charge in [-0.3, -0.25) is 4.79 Å². The largest absolute Gasteiger partial charge is 0.460 e. The number of carbonyl (C=O) groups is 1. The van der Waals surface area contributed by atoms with E-state index in [1.807, 2.05) is 24.3 Å². The van der Waals surface area contributed by atoms with Crippen molar-refractivity contribution in [2.45, 2.75) is 12.5 Å². The number of ether oxygens (including phenoxy) is 1. The third kappa shape index (κ3) is 1.91. The Morgan fingerprint density at radius 2 is 2.11 bits per heavy atom.